The van der Waals surface area contributed by atoms with Crippen LogP contribution >= 0.6 is 0 Å². The lowest BCUT2D eigenvalue weighted by molar-refractivity contribution is 0.0624. The molecule has 0 aliphatic carbocycles. The molecular formula is C24H29N5O4S. The van der Waals surface area contributed by atoms with E-state index in [1.165, 1.54) is 5.56 Å². The van der Waals surface area contributed by atoms with Gasteiger partial charge in [-0.2, -0.15) is 0 Å². The number of hydrogen-bond acceptors (Lipinski definition) is 7. The van der Waals surface area contributed by atoms with E-state index < -0.39 is 16.1 Å². The van der Waals surface area contributed by atoms with Crippen molar-refractivity contribution in [3.63, 3.8) is 0 Å². The van der Waals surface area contributed by atoms with E-state index >= 15 is 0 Å². The van der Waals surface area contributed by atoms with Crippen LogP contribution in [0, 0.1) is 0 Å². The highest BCUT2D eigenvalue weighted by Crippen LogP contribution is 2.34. The zero-order valence-corrected chi connectivity index (χ0v) is 19.8. The lowest BCUT2D eigenvalue weighted by atomic mass is 10.1. The van der Waals surface area contributed by atoms with Gasteiger partial charge in [-0.3, -0.25) is 4.90 Å². The molecule has 2 saturated heterocycles. The van der Waals surface area contributed by atoms with E-state index in [-0.39, 0.29) is 30.6 Å². The van der Waals surface area contributed by atoms with Gasteiger partial charge in [-0.25, -0.2) is 17.8 Å². The van der Waals surface area contributed by atoms with Gasteiger partial charge in [0, 0.05) is 13.1 Å². The Morgan fingerprint density at radius 2 is 1.65 bits per heavy atom. The summed E-state index contributed by atoms with van der Waals surface area (Å²) in [5, 5.41) is 8.65. The van der Waals surface area contributed by atoms with Crippen LogP contribution in [0.3, 0.4) is 0 Å². The Labute approximate surface area is 199 Å². The van der Waals surface area contributed by atoms with Gasteiger partial charge in [0.1, 0.15) is 18.2 Å². The molecule has 0 bridgehead atoms. The van der Waals surface area contributed by atoms with Gasteiger partial charge in [0.25, 0.3) is 0 Å². The normalized spacial score (nSPS) is 24.5. The molecule has 2 fully saturated rings. The van der Waals surface area contributed by atoms with Gasteiger partial charge in [-0.15, -0.1) is 5.10 Å². The number of sulfonamides is 1. The first-order valence-electron chi connectivity index (χ1n) is 11.4. The highest BCUT2D eigenvalue weighted by atomic mass is 32.2. The zero-order valence-electron chi connectivity index (χ0n) is 19.0. The van der Waals surface area contributed by atoms with E-state index in [1.54, 1.807) is 16.8 Å². The van der Waals surface area contributed by atoms with E-state index in [1.807, 2.05) is 49.6 Å². The van der Waals surface area contributed by atoms with Gasteiger partial charge in [0.05, 0.1) is 36.9 Å². The number of rotatable bonds is 9. The Morgan fingerprint density at radius 3 is 2.38 bits per heavy atom. The molecule has 9 nitrogen and oxygen atoms in total. The van der Waals surface area contributed by atoms with E-state index in [4.69, 9.17) is 9.47 Å². The smallest absolute Gasteiger partial charge is 0.216 e. The number of benzene rings is 2. The Hall–Kier alpha value is -2.63. The fourth-order valence-corrected chi connectivity index (χ4v) is 6.03. The van der Waals surface area contributed by atoms with Crippen molar-refractivity contribution in [1.29, 1.82) is 0 Å². The van der Waals surface area contributed by atoms with Crippen LogP contribution in [0.15, 0.2) is 66.9 Å². The fraction of sp³-hybridized carbons (Fsp3) is 0.417. The zero-order chi connectivity index (χ0) is 23.5. The van der Waals surface area contributed by atoms with Crippen LogP contribution in [0.2, 0.25) is 0 Å². The molecule has 0 radical (unpaired) electrons. The molecule has 4 atom stereocenters. The topological polar surface area (TPSA) is 98.6 Å². The monoisotopic (exact) mass is 483 g/mol. The van der Waals surface area contributed by atoms with E-state index in [9.17, 15) is 8.42 Å². The number of aromatic nitrogens is 3. The predicted molar refractivity (Wildman–Crippen MR) is 126 cm³/mol. The Bertz CT molecular complexity index is 1190. The summed E-state index contributed by atoms with van der Waals surface area (Å²) in [4.78, 5) is 2.18. The van der Waals surface area contributed by atoms with Crippen LogP contribution in [-0.2, 0) is 38.3 Å². The second kappa shape index (κ2) is 9.93. The summed E-state index contributed by atoms with van der Waals surface area (Å²) in [5.74, 6) is -0.0753. The van der Waals surface area contributed by atoms with Gasteiger partial charge in [-0.05, 0) is 18.2 Å². The lowest BCUT2D eigenvalue weighted by Crippen LogP contribution is -2.44. The maximum Gasteiger partial charge on any atom is 0.216 e. The first-order chi connectivity index (χ1) is 16.5. The van der Waals surface area contributed by atoms with Crippen molar-refractivity contribution in [2.45, 2.75) is 43.1 Å². The Balaban J connectivity index is 1.18. The van der Waals surface area contributed by atoms with Crippen LogP contribution in [-0.4, -0.2) is 66.8 Å². The van der Waals surface area contributed by atoms with Crippen molar-refractivity contribution in [2.24, 2.45) is 0 Å². The summed E-state index contributed by atoms with van der Waals surface area (Å²) in [6, 6.07) is 18.8. The summed E-state index contributed by atoms with van der Waals surface area (Å²) in [6.45, 7) is 2.15. The van der Waals surface area contributed by atoms with E-state index in [0.717, 1.165) is 17.8 Å². The van der Waals surface area contributed by atoms with Gasteiger partial charge >= 0.3 is 0 Å². The molecule has 180 valence electrons. The van der Waals surface area contributed by atoms with Crippen molar-refractivity contribution in [2.75, 3.05) is 20.3 Å². The highest BCUT2D eigenvalue weighted by Gasteiger charge is 2.49. The molecule has 10 heteroatoms. The van der Waals surface area contributed by atoms with Gasteiger partial charge in [-0.1, -0.05) is 65.9 Å². The minimum absolute atomic E-state index is 0.0753. The average Bonchev–Trinajstić information content (AvgIpc) is 3.52. The van der Waals surface area contributed by atoms with Crippen molar-refractivity contribution in [3.05, 3.63) is 83.7 Å². The minimum atomic E-state index is -3.52. The molecule has 0 saturated carbocycles. The second-order valence-corrected chi connectivity index (χ2v) is 10.7. The lowest BCUT2D eigenvalue weighted by Gasteiger charge is -2.18. The van der Waals surface area contributed by atoms with Crippen LogP contribution in [0.4, 0.5) is 0 Å². The molecule has 1 aromatic heterocycles. The summed E-state index contributed by atoms with van der Waals surface area (Å²) < 4.78 is 41.9. The van der Waals surface area contributed by atoms with Crippen molar-refractivity contribution >= 4 is 10.0 Å². The third-order valence-electron chi connectivity index (χ3n) is 6.18. The molecule has 3 heterocycles. The molecule has 1 N–H and O–H groups in total. The van der Waals surface area contributed by atoms with E-state index in [0.29, 0.717) is 13.2 Å². The number of nitrogens with one attached hydrogen (secondary N) is 1. The SMILES string of the molecule is CN(Cc1ccccc1)Cc1cn([C@@H]2CO[C@@H]3[C@@H]2OC[C@@H]3NS(=O)(=O)Cc2ccccc2)nn1. The third-order valence-corrected chi connectivity index (χ3v) is 7.56. The molecule has 0 amide bonds. The van der Waals surface area contributed by atoms with Crippen LogP contribution in [0.1, 0.15) is 22.9 Å². The third kappa shape index (κ3) is 5.37. The molecule has 2 aromatic carbocycles. The molecule has 5 rings (SSSR count). The van der Waals surface area contributed by atoms with Gasteiger partial charge in [0.2, 0.25) is 10.0 Å². The Kier molecular flexibility index (Phi) is 6.75. The molecule has 2 aliphatic heterocycles. The maximum atomic E-state index is 12.7. The molecule has 0 unspecified atom stereocenters. The summed E-state index contributed by atoms with van der Waals surface area (Å²) >= 11 is 0. The van der Waals surface area contributed by atoms with Crippen molar-refractivity contribution in [1.82, 2.24) is 24.6 Å². The number of ether oxygens (including phenoxy) is 2. The molecule has 2 aliphatic rings. The molecule has 34 heavy (non-hydrogen) atoms. The van der Waals surface area contributed by atoms with Gasteiger partial charge in [0.15, 0.2) is 0 Å². The minimum Gasteiger partial charge on any atom is -0.371 e. The summed E-state index contributed by atoms with van der Waals surface area (Å²) in [5.41, 5.74) is 2.84. The first kappa shape index (κ1) is 23.1. The van der Waals surface area contributed by atoms with Crippen molar-refractivity contribution in [3.8, 4) is 0 Å². The maximum absolute atomic E-state index is 12.7. The van der Waals surface area contributed by atoms with Gasteiger partial charge < -0.3 is 9.47 Å². The average molecular weight is 484 g/mol. The highest BCUT2D eigenvalue weighted by molar-refractivity contribution is 7.88. The molecular weight excluding hydrogens is 454 g/mol. The molecule has 3 aromatic rings. The standard InChI is InChI=1S/C24H29N5O4S/c1-28(12-18-8-4-2-5-9-18)13-20-14-29(27-25-20)22-16-33-23-21(15-32-24(22)23)26-34(30,31)17-19-10-6-3-7-11-19/h2-11,14,21-24,26H,12-13,15-17H2,1H3/t21-,22+,23-,24+/m0/s1. The van der Waals surface area contributed by atoms with Crippen LogP contribution in [0.25, 0.3) is 0 Å². The molecule has 0 spiro atoms. The predicted octanol–water partition coefficient (Wildman–Crippen LogP) is 1.74. The number of hydrogen-bond donors (Lipinski definition) is 1. The number of nitrogens with zero attached hydrogens (tertiary/aromatic N) is 4. The summed E-state index contributed by atoms with van der Waals surface area (Å²) in [7, 11) is -1.48. The number of fused-ring (bicyclic) bond motifs is 1. The second-order valence-electron chi connectivity index (χ2n) is 8.98. The fourth-order valence-electron chi connectivity index (χ4n) is 4.65. The van der Waals surface area contributed by atoms with Crippen LogP contribution in [0.5, 0.6) is 0 Å². The van der Waals surface area contributed by atoms with Crippen molar-refractivity contribution < 1.29 is 17.9 Å². The summed E-state index contributed by atoms with van der Waals surface area (Å²) in [6.07, 6.45) is 1.29. The first-order valence-corrected chi connectivity index (χ1v) is 13.0. The Morgan fingerprint density at radius 1 is 0.971 bits per heavy atom. The quantitative estimate of drug-likeness (QED) is 0.495. The van der Waals surface area contributed by atoms with E-state index in [2.05, 4.69) is 32.1 Å². The van der Waals surface area contributed by atoms with Crippen LogP contribution < -0.4 is 4.72 Å². The largest absolute Gasteiger partial charge is 0.371 e.